The third kappa shape index (κ3) is 4.58. The molecule has 0 saturated carbocycles. The monoisotopic (exact) mass is 425 g/mol. The molecule has 3 rings (SSSR count). The van der Waals surface area contributed by atoms with Crippen molar-refractivity contribution in [1.82, 2.24) is 0 Å². The van der Waals surface area contributed by atoms with Crippen LogP contribution in [0.4, 0.5) is 0 Å². The van der Waals surface area contributed by atoms with Gasteiger partial charge in [0.1, 0.15) is 0 Å². The van der Waals surface area contributed by atoms with E-state index < -0.39 is 0 Å². The van der Waals surface area contributed by atoms with E-state index in [0.717, 1.165) is 18.6 Å². The summed E-state index contributed by atoms with van der Waals surface area (Å²) in [5, 5.41) is 0. The highest BCUT2D eigenvalue weighted by Crippen LogP contribution is 2.49. The standard InChI is InChI=1S/C31H39N/c1-9-11-12-18-32-25(8)30-15-13-14-29(27(30)10-2)23(6)28-17-16-26-19-20(3)21(4)22(5)31(26)24(28)7/h9,11-15,18,26,31H,5-6,10,16-17,19H2,1-4,7-8H3/b11-9+,18-12-,32-25?. The van der Waals surface area contributed by atoms with E-state index in [9.17, 15) is 0 Å². The minimum atomic E-state index is 0.465. The van der Waals surface area contributed by atoms with E-state index in [2.05, 4.69) is 71.0 Å². The Hall–Kier alpha value is -2.67. The fourth-order valence-corrected chi connectivity index (χ4v) is 5.58. The van der Waals surface area contributed by atoms with Gasteiger partial charge in [0.15, 0.2) is 0 Å². The molecule has 0 N–H and O–H groups in total. The number of benzene rings is 1. The Labute approximate surface area is 195 Å². The predicted octanol–water partition coefficient (Wildman–Crippen LogP) is 8.80. The fourth-order valence-electron chi connectivity index (χ4n) is 5.58. The Kier molecular flexibility index (Phi) is 7.72. The minimum Gasteiger partial charge on any atom is -0.261 e. The molecular weight excluding hydrogens is 386 g/mol. The lowest BCUT2D eigenvalue weighted by molar-refractivity contribution is 0.358. The van der Waals surface area contributed by atoms with Crippen LogP contribution in [0.3, 0.4) is 0 Å². The zero-order chi connectivity index (χ0) is 23.4. The fraction of sp³-hybridized carbons (Fsp3) is 0.387. The second kappa shape index (κ2) is 10.3. The van der Waals surface area contributed by atoms with Crippen LogP contribution in [-0.2, 0) is 6.42 Å². The van der Waals surface area contributed by atoms with Crippen molar-refractivity contribution in [3.05, 3.63) is 100 Å². The quantitative estimate of drug-likeness (QED) is 0.319. The first-order valence-electron chi connectivity index (χ1n) is 12.0. The number of aliphatic imine (C=N–C) groups is 1. The van der Waals surface area contributed by atoms with Crippen molar-refractivity contribution in [3.8, 4) is 0 Å². The average molecular weight is 426 g/mol. The largest absolute Gasteiger partial charge is 0.261 e. The molecule has 0 bridgehead atoms. The van der Waals surface area contributed by atoms with E-state index in [1.54, 1.807) is 0 Å². The summed E-state index contributed by atoms with van der Waals surface area (Å²) in [5.41, 5.74) is 13.2. The lowest BCUT2D eigenvalue weighted by atomic mass is 9.64. The van der Waals surface area contributed by atoms with Crippen LogP contribution in [0.15, 0.2) is 88.6 Å². The van der Waals surface area contributed by atoms with Crippen molar-refractivity contribution < 1.29 is 0 Å². The van der Waals surface area contributed by atoms with Gasteiger partial charge in [0.05, 0.1) is 0 Å². The molecule has 0 saturated heterocycles. The first kappa shape index (κ1) is 24.0. The summed E-state index contributed by atoms with van der Waals surface area (Å²) >= 11 is 0. The van der Waals surface area contributed by atoms with Gasteiger partial charge in [0.25, 0.3) is 0 Å². The lowest BCUT2D eigenvalue weighted by Crippen LogP contribution is -2.28. The molecule has 168 valence electrons. The Morgan fingerprint density at radius 1 is 1.16 bits per heavy atom. The molecule has 1 aromatic carbocycles. The maximum atomic E-state index is 4.67. The van der Waals surface area contributed by atoms with Gasteiger partial charge in [0, 0.05) is 17.8 Å². The molecule has 0 aliphatic heterocycles. The zero-order valence-electron chi connectivity index (χ0n) is 20.9. The summed E-state index contributed by atoms with van der Waals surface area (Å²) in [7, 11) is 0. The van der Waals surface area contributed by atoms with Crippen molar-refractivity contribution in [2.75, 3.05) is 0 Å². The Balaban J connectivity index is 2.01. The van der Waals surface area contributed by atoms with Crippen LogP contribution in [0, 0.1) is 11.8 Å². The van der Waals surface area contributed by atoms with Gasteiger partial charge in [-0.25, -0.2) is 0 Å². The highest BCUT2D eigenvalue weighted by Gasteiger charge is 2.36. The van der Waals surface area contributed by atoms with E-state index >= 15 is 0 Å². The van der Waals surface area contributed by atoms with E-state index in [4.69, 9.17) is 0 Å². The van der Waals surface area contributed by atoms with Crippen molar-refractivity contribution in [2.45, 2.75) is 67.2 Å². The van der Waals surface area contributed by atoms with Gasteiger partial charge in [0.2, 0.25) is 0 Å². The van der Waals surface area contributed by atoms with Gasteiger partial charge in [-0.2, -0.15) is 0 Å². The van der Waals surface area contributed by atoms with Gasteiger partial charge in [-0.15, -0.1) is 0 Å². The third-order valence-corrected chi connectivity index (χ3v) is 7.51. The molecule has 1 heteroatoms. The first-order chi connectivity index (χ1) is 15.3. The second-order valence-electron chi connectivity index (χ2n) is 9.32. The van der Waals surface area contributed by atoms with E-state index in [1.807, 2.05) is 31.4 Å². The number of allylic oxidation sites excluding steroid dienone is 9. The molecule has 0 heterocycles. The van der Waals surface area contributed by atoms with Gasteiger partial charge < -0.3 is 0 Å². The topological polar surface area (TPSA) is 12.4 Å². The number of nitrogens with zero attached hydrogens (tertiary/aromatic N) is 1. The molecule has 1 nitrogen and oxygen atoms in total. The number of rotatable bonds is 6. The molecule has 0 aromatic heterocycles. The Morgan fingerprint density at radius 2 is 1.88 bits per heavy atom. The third-order valence-electron chi connectivity index (χ3n) is 7.51. The molecule has 2 atom stereocenters. The van der Waals surface area contributed by atoms with Gasteiger partial charge in [-0.05, 0) is 111 Å². The normalized spacial score (nSPS) is 22.3. The second-order valence-corrected chi connectivity index (χ2v) is 9.32. The highest BCUT2D eigenvalue weighted by molar-refractivity contribution is 6.02. The number of hydrogen-bond acceptors (Lipinski definition) is 1. The molecule has 0 radical (unpaired) electrons. The smallest absolute Gasteiger partial charge is 0.0447 e. The van der Waals surface area contributed by atoms with Crippen LogP contribution in [0.5, 0.6) is 0 Å². The van der Waals surface area contributed by atoms with Crippen molar-refractivity contribution in [1.29, 1.82) is 0 Å². The van der Waals surface area contributed by atoms with Crippen molar-refractivity contribution >= 4 is 11.3 Å². The van der Waals surface area contributed by atoms with E-state index in [1.165, 1.54) is 63.0 Å². The van der Waals surface area contributed by atoms with Crippen LogP contribution in [0.2, 0.25) is 0 Å². The van der Waals surface area contributed by atoms with Crippen molar-refractivity contribution in [3.63, 3.8) is 0 Å². The number of fused-ring (bicyclic) bond motifs is 1. The number of hydrogen-bond donors (Lipinski definition) is 0. The molecule has 2 aliphatic carbocycles. The molecule has 2 unspecified atom stereocenters. The SMILES string of the molecule is C=C(C1=C(C)C2C(=C)C(C)=C(C)CC2CC1)c1cccc(C(C)=N/C=C\C=C\C)c1CC. The summed E-state index contributed by atoms with van der Waals surface area (Å²) in [6, 6.07) is 6.59. The minimum absolute atomic E-state index is 0.465. The van der Waals surface area contributed by atoms with Crippen LogP contribution in [-0.4, -0.2) is 5.71 Å². The molecule has 0 spiro atoms. The van der Waals surface area contributed by atoms with Crippen LogP contribution in [0.25, 0.3) is 5.57 Å². The van der Waals surface area contributed by atoms with Gasteiger partial charge >= 0.3 is 0 Å². The average Bonchev–Trinajstić information content (AvgIpc) is 2.79. The van der Waals surface area contributed by atoms with Crippen molar-refractivity contribution in [2.24, 2.45) is 16.8 Å². The van der Waals surface area contributed by atoms with Gasteiger partial charge in [-0.3, -0.25) is 4.99 Å². The molecule has 2 aliphatic rings. The first-order valence-corrected chi connectivity index (χ1v) is 12.0. The summed E-state index contributed by atoms with van der Waals surface area (Å²) in [4.78, 5) is 4.67. The Bertz CT molecular complexity index is 1070. The van der Waals surface area contributed by atoms with Crippen LogP contribution in [0.1, 0.15) is 77.5 Å². The van der Waals surface area contributed by atoms with Crippen LogP contribution >= 0.6 is 0 Å². The maximum Gasteiger partial charge on any atom is 0.0447 e. The van der Waals surface area contributed by atoms with E-state index in [0.29, 0.717) is 11.8 Å². The Morgan fingerprint density at radius 3 is 2.56 bits per heavy atom. The molecular formula is C31H39N. The summed E-state index contributed by atoms with van der Waals surface area (Å²) in [6.07, 6.45) is 12.3. The summed E-state index contributed by atoms with van der Waals surface area (Å²) in [5.74, 6) is 1.16. The summed E-state index contributed by atoms with van der Waals surface area (Å²) in [6.45, 7) is 22.3. The maximum absolute atomic E-state index is 4.67. The van der Waals surface area contributed by atoms with Crippen LogP contribution < -0.4 is 0 Å². The molecule has 32 heavy (non-hydrogen) atoms. The van der Waals surface area contributed by atoms with Gasteiger partial charge in [-0.1, -0.05) is 61.6 Å². The highest BCUT2D eigenvalue weighted by atomic mass is 14.7. The van der Waals surface area contributed by atoms with E-state index in [-0.39, 0.29) is 0 Å². The summed E-state index contributed by atoms with van der Waals surface area (Å²) < 4.78 is 0. The zero-order valence-corrected chi connectivity index (χ0v) is 20.9. The molecule has 0 amide bonds. The lowest BCUT2D eigenvalue weighted by Gasteiger charge is -2.41. The molecule has 0 fully saturated rings. The molecule has 1 aromatic rings. The predicted molar refractivity (Wildman–Crippen MR) is 142 cm³/mol.